The SMILES string of the molecule is N=C(/C=C(\Nn1c2ccccc2c2cc(-c3cccc4c3sc3ccccc34)ccc21)c1ccc(-c2ccccc2)cc1)c1ccccc1. The predicted octanol–water partition coefficient (Wildman–Crippen LogP) is 12.1. The van der Waals surface area contributed by atoms with Crippen molar-refractivity contribution in [1.29, 1.82) is 5.41 Å². The minimum atomic E-state index is 0.440. The van der Waals surface area contributed by atoms with Crippen LogP contribution in [0.2, 0.25) is 0 Å². The molecule has 0 aliphatic heterocycles. The van der Waals surface area contributed by atoms with Gasteiger partial charge in [-0.2, -0.15) is 0 Å². The second-order valence-corrected chi connectivity index (χ2v) is 13.3. The van der Waals surface area contributed by atoms with Gasteiger partial charge in [0.1, 0.15) is 0 Å². The van der Waals surface area contributed by atoms with Crippen LogP contribution in [-0.4, -0.2) is 10.4 Å². The molecule has 0 atom stereocenters. The Morgan fingerprint density at radius 3 is 1.96 bits per heavy atom. The van der Waals surface area contributed by atoms with E-state index in [-0.39, 0.29) is 0 Å². The number of rotatable bonds is 7. The van der Waals surface area contributed by atoms with E-state index in [9.17, 15) is 0 Å². The first-order valence-corrected chi connectivity index (χ1v) is 17.3. The van der Waals surface area contributed by atoms with Gasteiger partial charge in [0, 0.05) is 30.9 Å². The van der Waals surface area contributed by atoms with E-state index < -0.39 is 0 Å². The van der Waals surface area contributed by atoms with Gasteiger partial charge in [0.25, 0.3) is 0 Å². The number of thiophene rings is 1. The third kappa shape index (κ3) is 5.20. The number of benzene rings is 7. The number of allylic oxidation sites excluding steroid dienone is 1. The van der Waals surface area contributed by atoms with Crippen LogP contribution in [0.3, 0.4) is 0 Å². The molecule has 7 aromatic carbocycles. The molecule has 4 heteroatoms. The summed E-state index contributed by atoms with van der Waals surface area (Å²) in [6.45, 7) is 0. The molecule has 9 aromatic rings. The van der Waals surface area contributed by atoms with Crippen LogP contribution in [0, 0.1) is 5.41 Å². The normalized spacial score (nSPS) is 11.9. The molecule has 0 unspecified atom stereocenters. The van der Waals surface area contributed by atoms with Gasteiger partial charge < -0.3 is 5.41 Å². The monoisotopic (exact) mass is 645 g/mol. The third-order valence-electron chi connectivity index (χ3n) is 9.30. The maximum absolute atomic E-state index is 9.05. The van der Waals surface area contributed by atoms with Crippen LogP contribution in [0.15, 0.2) is 176 Å². The summed E-state index contributed by atoms with van der Waals surface area (Å²) in [6, 6.07) is 59.6. The second-order valence-electron chi connectivity index (χ2n) is 12.3. The van der Waals surface area contributed by atoms with Gasteiger partial charge in [0.15, 0.2) is 0 Å². The molecule has 49 heavy (non-hydrogen) atoms. The highest BCUT2D eigenvalue weighted by Crippen LogP contribution is 2.41. The van der Waals surface area contributed by atoms with Gasteiger partial charge in [-0.15, -0.1) is 11.3 Å². The zero-order valence-corrected chi connectivity index (χ0v) is 27.4. The van der Waals surface area contributed by atoms with Crippen molar-refractivity contribution >= 4 is 64.7 Å². The van der Waals surface area contributed by atoms with E-state index >= 15 is 0 Å². The molecule has 0 aliphatic carbocycles. The summed E-state index contributed by atoms with van der Waals surface area (Å²) in [5.41, 5.74) is 13.8. The minimum absolute atomic E-state index is 0.440. The number of hydrogen-bond acceptors (Lipinski definition) is 3. The highest BCUT2D eigenvalue weighted by molar-refractivity contribution is 7.26. The lowest BCUT2D eigenvalue weighted by molar-refractivity contribution is 1.06. The van der Waals surface area contributed by atoms with Crippen molar-refractivity contribution in [2.24, 2.45) is 0 Å². The fraction of sp³-hybridized carbons (Fsp3) is 0. The van der Waals surface area contributed by atoms with Crippen LogP contribution >= 0.6 is 11.3 Å². The first-order valence-electron chi connectivity index (χ1n) is 16.4. The lowest BCUT2D eigenvalue weighted by Gasteiger charge is -2.16. The summed E-state index contributed by atoms with van der Waals surface area (Å²) in [5.74, 6) is 0. The first-order chi connectivity index (χ1) is 24.2. The topological polar surface area (TPSA) is 40.8 Å². The summed E-state index contributed by atoms with van der Waals surface area (Å²) >= 11 is 1.86. The molecule has 9 rings (SSSR count). The number of hydrogen-bond donors (Lipinski definition) is 2. The maximum Gasteiger partial charge on any atom is 0.0710 e. The number of para-hydroxylation sites is 1. The van der Waals surface area contributed by atoms with Crippen LogP contribution in [0.5, 0.6) is 0 Å². The van der Waals surface area contributed by atoms with Gasteiger partial charge in [-0.25, -0.2) is 0 Å². The highest BCUT2D eigenvalue weighted by Gasteiger charge is 2.16. The van der Waals surface area contributed by atoms with Gasteiger partial charge in [0.2, 0.25) is 0 Å². The highest BCUT2D eigenvalue weighted by atomic mass is 32.1. The van der Waals surface area contributed by atoms with Gasteiger partial charge >= 0.3 is 0 Å². The van der Waals surface area contributed by atoms with Crippen LogP contribution in [0.1, 0.15) is 11.1 Å². The lowest BCUT2D eigenvalue weighted by Crippen LogP contribution is -2.14. The van der Waals surface area contributed by atoms with E-state index in [1.165, 1.54) is 47.6 Å². The van der Waals surface area contributed by atoms with Crippen molar-refractivity contribution in [2.45, 2.75) is 0 Å². The fourth-order valence-corrected chi connectivity index (χ4v) is 8.09. The van der Waals surface area contributed by atoms with Gasteiger partial charge in [-0.3, -0.25) is 10.1 Å². The maximum atomic E-state index is 9.05. The Kier molecular flexibility index (Phi) is 7.15. The van der Waals surface area contributed by atoms with Crippen LogP contribution < -0.4 is 5.43 Å². The fourth-order valence-electron chi connectivity index (χ4n) is 6.85. The molecule has 0 saturated carbocycles. The van der Waals surface area contributed by atoms with E-state index in [0.717, 1.165) is 33.4 Å². The zero-order valence-electron chi connectivity index (χ0n) is 26.6. The van der Waals surface area contributed by atoms with Crippen LogP contribution in [0.25, 0.3) is 69.9 Å². The smallest absolute Gasteiger partial charge is 0.0710 e. The summed E-state index contributed by atoms with van der Waals surface area (Å²) in [6.07, 6.45) is 1.93. The Morgan fingerprint density at radius 2 is 1.14 bits per heavy atom. The average Bonchev–Trinajstić information content (AvgIpc) is 3.71. The molecule has 2 aromatic heterocycles. The molecule has 0 radical (unpaired) electrons. The Balaban J connectivity index is 1.18. The van der Waals surface area contributed by atoms with E-state index in [1.807, 2.05) is 53.8 Å². The van der Waals surface area contributed by atoms with Crippen molar-refractivity contribution in [1.82, 2.24) is 4.68 Å². The molecule has 3 nitrogen and oxygen atoms in total. The van der Waals surface area contributed by atoms with Gasteiger partial charge in [0.05, 0.1) is 22.4 Å². The zero-order chi connectivity index (χ0) is 32.7. The standard InChI is InChI=1S/C45H31N3S/c46-40(32-14-5-2-6-15-32)29-41(33-24-22-31(23-25-33)30-12-3-1-4-13-30)47-48-42-20-9-7-16-36(42)39-28-34(26-27-43(39)48)35-18-11-19-38-37-17-8-10-21-44(37)49-45(35)38/h1-29,46-47H/b41-29-,46-40?. The van der Waals surface area contributed by atoms with Crippen molar-refractivity contribution in [3.8, 4) is 22.3 Å². The van der Waals surface area contributed by atoms with E-state index in [2.05, 4.69) is 144 Å². The van der Waals surface area contributed by atoms with E-state index in [4.69, 9.17) is 5.41 Å². The number of fused-ring (bicyclic) bond motifs is 6. The Bertz CT molecular complexity index is 2680. The molecule has 2 N–H and O–H groups in total. The largest absolute Gasteiger partial charge is 0.300 e. The molecule has 0 amide bonds. The molecule has 0 spiro atoms. The van der Waals surface area contributed by atoms with E-state index in [1.54, 1.807) is 0 Å². The Labute approximate surface area is 288 Å². The summed E-state index contributed by atoms with van der Waals surface area (Å²) in [7, 11) is 0. The Hall–Kier alpha value is -6.23. The number of aromatic nitrogens is 1. The second kappa shape index (κ2) is 12.1. The third-order valence-corrected chi connectivity index (χ3v) is 10.5. The quantitative estimate of drug-likeness (QED) is 0.166. The summed E-state index contributed by atoms with van der Waals surface area (Å²) < 4.78 is 4.79. The minimum Gasteiger partial charge on any atom is -0.300 e. The molecule has 0 aliphatic rings. The molecule has 0 bridgehead atoms. The van der Waals surface area contributed by atoms with Crippen LogP contribution in [-0.2, 0) is 0 Å². The molecule has 2 heterocycles. The number of nitrogens with one attached hydrogen (secondary N) is 2. The number of nitrogens with zero attached hydrogens (tertiary/aromatic N) is 1. The summed E-state index contributed by atoms with van der Waals surface area (Å²) in [5, 5.41) is 14.0. The van der Waals surface area contributed by atoms with Crippen molar-refractivity contribution in [3.05, 3.63) is 187 Å². The van der Waals surface area contributed by atoms with Crippen LogP contribution in [0.4, 0.5) is 0 Å². The van der Waals surface area contributed by atoms with Gasteiger partial charge in [-0.05, 0) is 63.7 Å². The lowest BCUT2D eigenvalue weighted by atomic mass is 10.0. The predicted molar refractivity (Wildman–Crippen MR) is 210 cm³/mol. The molecular formula is C45H31N3S. The van der Waals surface area contributed by atoms with Crippen molar-refractivity contribution in [2.75, 3.05) is 5.43 Å². The summed E-state index contributed by atoms with van der Waals surface area (Å²) in [4.78, 5) is 0. The molecule has 0 fully saturated rings. The molecule has 232 valence electrons. The molecule has 0 saturated heterocycles. The van der Waals surface area contributed by atoms with Crippen molar-refractivity contribution in [3.63, 3.8) is 0 Å². The van der Waals surface area contributed by atoms with Gasteiger partial charge in [-0.1, -0.05) is 146 Å². The van der Waals surface area contributed by atoms with Crippen molar-refractivity contribution < 1.29 is 0 Å². The Morgan fingerprint density at radius 1 is 0.510 bits per heavy atom. The average molecular weight is 646 g/mol. The first kappa shape index (κ1) is 29.0. The molecular weight excluding hydrogens is 615 g/mol. The van der Waals surface area contributed by atoms with E-state index in [0.29, 0.717) is 5.71 Å².